The molecule has 1 aromatic carbocycles. The average molecular weight is 337 g/mol. The van der Waals surface area contributed by atoms with Gasteiger partial charge < -0.3 is 15.5 Å². The summed E-state index contributed by atoms with van der Waals surface area (Å²) in [7, 11) is 3.61. The van der Waals surface area contributed by atoms with Crippen molar-refractivity contribution in [3.63, 3.8) is 0 Å². The van der Waals surface area contributed by atoms with Gasteiger partial charge in [-0.25, -0.2) is 4.98 Å². The standard InChI is InChI=1S/C17H19N7O/c1-24(2)17(18)20-9-11-3-5-12(6-4-11)16(25)22-14-7-8-19-15-13(14)10-21-23-15/h3-8,10H,9H2,1-2H3,(H2,18,20)(H2,19,21,22,23,25). The van der Waals surface area contributed by atoms with Gasteiger partial charge in [0.05, 0.1) is 17.3 Å². The van der Waals surface area contributed by atoms with Crippen LogP contribution in [0.25, 0.3) is 11.0 Å². The summed E-state index contributed by atoms with van der Waals surface area (Å²) in [6, 6.07) is 9.00. The van der Waals surface area contributed by atoms with Crippen LogP contribution in [0.1, 0.15) is 15.9 Å². The number of amides is 1. The van der Waals surface area contributed by atoms with E-state index in [1.165, 1.54) is 0 Å². The van der Waals surface area contributed by atoms with Gasteiger partial charge >= 0.3 is 0 Å². The number of carbonyl (C=O) groups excluding carboxylic acids is 1. The number of nitrogens with one attached hydrogen (secondary N) is 4. The van der Waals surface area contributed by atoms with Gasteiger partial charge in [0, 0.05) is 32.4 Å². The monoisotopic (exact) mass is 337 g/mol. The van der Waals surface area contributed by atoms with E-state index in [4.69, 9.17) is 5.41 Å². The van der Waals surface area contributed by atoms with Crippen LogP contribution in [-0.2, 0) is 6.54 Å². The Balaban J connectivity index is 1.67. The van der Waals surface area contributed by atoms with Crippen molar-refractivity contribution in [1.82, 2.24) is 25.4 Å². The summed E-state index contributed by atoms with van der Waals surface area (Å²) in [5.41, 5.74) is 2.83. The first-order valence-corrected chi connectivity index (χ1v) is 7.72. The Hall–Kier alpha value is -3.42. The summed E-state index contributed by atoms with van der Waals surface area (Å²) < 4.78 is 0. The molecular formula is C17H19N7O. The molecule has 128 valence electrons. The number of carbonyl (C=O) groups is 1. The molecule has 0 radical (unpaired) electrons. The molecule has 0 aliphatic heterocycles. The van der Waals surface area contributed by atoms with Crippen LogP contribution in [0.15, 0.2) is 42.7 Å². The van der Waals surface area contributed by atoms with Gasteiger partial charge in [0.1, 0.15) is 0 Å². The number of anilines is 1. The van der Waals surface area contributed by atoms with E-state index in [-0.39, 0.29) is 5.91 Å². The second-order valence-corrected chi connectivity index (χ2v) is 5.74. The number of benzene rings is 1. The summed E-state index contributed by atoms with van der Waals surface area (Å²) in [5, 5.41) is 21.1. The van der Waals surface area contributed by atoms with E-state index in [1.807, 2.05) is 12.1 Å². The van der Waals surface area contributed by atoms with Crippen LogP contribution in [0.2, 0.25) is 0 Å². The average Bonchev–Trinajstić information content (AvgIpc) is 3.09. The van der Waals surface area contributed by atoms with Gasteiger partial charge in [0.15, 0.2) is 11.6 Å². The van der Waals surface area contributed by atoms with Crippen molar-refractivity contribution in [1.29, 1.82) is 5.41 Å². The molecule has 0 saturated carbocycles. The number of nitrogens with zero attached hydrogens (tertiary/aromatic N) is 3. The molecule has 0 atom stereocenters. The second kappa shape index (κ2) is 7.00. The fourth-order valence-corrected chi connectivity index (χ4v) is 2.27. The minimum atomic E-state index is -0.200. The first-order valence-electron chi connectivity index (χ1n) is 7.72. The van der Waals surface area contributed by atoms with Crippen molar-refractivity contribution in [2.24, 2.45) is 0 Å². The number of aromatic amines is 1. The number of aromatic nitrogens is 3. The molecule has 0 aliphatic rings. The number of pyridine rings is 1. The van der Waals surface area contributed by atoms with Crippen LogP contribution in [-0.4, -0.2) is 46.0 Å². The summed E-state index contributed by atoms with van der Waals surface area (Å²) in [6.07, 6.45) is 3.25. The zero-order chi connectivity index (χ0) is 17.8. The fourth-order valence-electron chi connectivity index (χ4n) is 2.27. The third-order valence-corrected chi connectivity index (χ3v) is 3.73. The van der Waals surface area contributed by atoms with Gasteiger partial charge in [0.2, 0.25) is 0 Å². The Morgan fingerprint density at radius 3 is 2.72 bits per heavy atom. The molecule has 3 rings (SSSR count). The summed E-state index contributed by atoms with van der Waals surface area (Å²) in [6.45, 7) is 0.527. The molecule has 2 aromatic heterocycles. The van der Waals surface area contributed by atoms with E-state index < -0.39 is 0 Å². The minimum absolute atomic E-state index is 0.200. The molecule has 4 N–H and O–H groups in total. The Morgan fingerprint density at radius 2 is 2.00 bits per heavy atom. The van der Waals surface area contributed by atoms with Crippen molar-refractivity contribution >= 4 is 28.6 Å². The maximum absolute atomic E-state index is 12.4. The van der Waals surface area contributed by atoms with Crippen molar-refractivity contribution in [2.45, 2.75) is 6.54 Å². The Labute approximate surface area is 144 Å². The maximum atomic E-state index is 12.4. The molecule has 8 heteroatoms. The molecule has 0 fully saturated rings. The van der Waals surface area contributed by atoms with Crippen LogP contribution < -0.4 is 10.6 Å². The Kier molecular flexibility index (Phi) is 4.60. The lowest BCUT2D eigenvalue weighted by atomic mass is 10.1. The van der Waals surface area contributed by atoms with Crippen LogP contribution in [0.4, 0.5) is 5.69 Å². The smallest absolute Gasteiger partial charge is 0.255 e. The van der Waals surface area contributed by atoms with Gasteiger partial charge in [-0.15, -0.1) is 0 Å². The highest BCUT2D eigenvalue weighted by atomic mass is 16.1. The Bertz CT molecular complexity index is 899. The number of H-pyrrole nitrogens is 1. The highest BCUT2D eigenvalue weighted by Gasteiger charge is 2.10. The van der Waals surface area contributed by atoms with Crippen LogP contribution in [0.3, 0.4) is 0 Å². The zero-order valence-electron chi connectivity index (χ0n) is 14.0. The molecule has 8 nitrogen and oxygen atoms in total. The number of fused-ring (bicyclic) bond motifs is 1. The van der Waals surface area contributed by atoms with Crippen molar-refractivity contribution in [3.8, 4) is 0 Å². The molecule has 25 heavy (non-hydrogen) atoms. The van der Waals surface area contributed by atoms with Gasteiger partial charge in [-0.3, -0.25) is 15.3 Å². The zero-order valence-corrected chi connectivity index (χ0v) is 14.0. The van der Waals surface area contributed by atoms with Crippen LogP contribution in [0.5, 0.6) is 0 Å². The van der Waals surface area contributed by atoms with E-state index in [0.29, 0.717) is 29.4 Å². The van der Waals surface area contributed by atoms with E-state index in [2.05, 4.69) is 25.8 Å². The number of guanidine groups is 1. The lowest BCUT2D eigenvalue weighted by molar-refractivity contribution is 0.102. The SMILES string of the molecule is CN(C)C(=N)NCc1ccc(C(=O)Nc2ccnc3[nH]ncc23)cc1. The molecular weight excluding hydrogens is 318 g/mol. The molecule has 0 unspecified atom stereocenters. The first kappa shape index (κ1) is 16.4. The highest BCUT2D eigenvalue weighted by Crippen LogP contribution is 2.19. The second-order valence-electron chi connectivity index (χ2n) is 5.74. The van der Waals surface area contributed by atoms with Gasteiger partial charge in [0.25, 0.3) is 5.91 Å². The number of hydrogen-bond acceptors (Lipinski definition) is 4. The molecule has 0 saturated heterocycles. The molecule has 0 bridgehead atoms. The topological polar surface area (TPSA) is 110 Å². The highest BCUT2D eigenvalue weighted by molar-refractivity contribution is 6.08. The normalized spacial score (nSPS) is 10.5. The number of rotatable bonds is 4. The molecule has 3 aromatic rings. The lowest BCUT2D eigenvalue weighted by Crippen LogP contribution is -2.34. The third kappa shape index (κ3) is 3.74. The Morgan fingerprint density at radius 1 is 1.24 bits per heavy atom. The molecule has 0 aliphatic carbocycles. The van der Waals surface area contributed by atoms with E-state index in [1.54, 1.807) is 49.6 Å². The van der Waals surface area contributed by atoms with Gasteiger partial charge in [-0.2, -0.15) is 5.10 Å². The third-order valence-electron chi connectivity index (χ3n) is 3.73. The fraction of sp³-hybridized carbons (Fsp3) is 0.176. The largest absolute Gasteiger partial charge is 0.352 e. The van der Waals surface area contributed by atoms with E-state index >= 15 is 0 Å². The van der Waals surface area contributed by atoms with E-state index in [9.17, 15) is 4.79 Å². The minimum Gasteiger partial charge on any atom is -0.352 e. The predicted octanol–water partition coefficient (Wildman–Crippen LogP) is 1.80. The van der Waals surface area contributed by atoms with Crippen LogP contribution >= 0.6 is 0 Å². The van der Waals surface area contributed by atoms with Gasteiger partial charge in [-0.05, 0) is 23.8 Å². The van der Waals surface area contributed by atoms with Gasteiger partial charge in [-0.1, -0.05) is 12.1 Å². The van der Waals surface area contributed by atoms with Crippen LogP contribution in [0, 0.1) is 5.41 Å². The summed E-state index contributed by atoms with van der Waals surface area (Å²) >= 11 is 0. The molecule has 0 spiro atoms. The molecule has 1 amide bonds. The van der Waals surface area contributed by atoms with Crippen molar-refractivity contribution < 1.29 is 4.79 Å². The number of hydrogen-bond donors (Lipinski definition) is 4. The lowest BCUT2D eigenvalue weighted by Gasteiger charge is -2.15. The first-order chi connectivity index (χ1) is 12.0. The van der Waals surface area contributed by atoms with E-state index in [0.717, 1.165) is 10.9 Å². The summed E-state index contributed by atoms with van der Waals surface area (Å²) in [4.78, 5) is 18.3. The molecule has 2 heterocycles. The van der Waals surface area contributed by atoms with Crippen molar-refractivity contribution in [2.75, 3.05) is 19.4 Å². The quantitative estimate of drug-likeness (QED) is 0.429. The van der Waals surface area contributed by atoms with Crippen molar-refractivity contribution in [3.05, 3.63) is 53.9 Å². The maximum Gasteiger partial charge on any atom is 0.255 e. The predicted molar refractivity (Wildman–Crippen MR) is 96.5 cm³/mol. The summed E-state index contributed by atoms with van der Waals surface area (Å²) in [5.74, 6) is 0.137.